The van der Waals surface area contributed by atoms with Crippen molar-refractivity contribution in [3.05, 3.63) is 35.8 Å². The van der Waals surface area contributed by atoms with Crippen LogP contribution in [0.4, 0.5) is 5.82 Å². The minimum absolute atomic E-state index is 0.0732. The lowest BCUT2D eigenvalue weighted by molar-refractivity contribution is 0.475. The molecule has 0 bridgehead atoms. The number of sulfonamides is 1. The molecule has 0 amide bonds. The summed E-state index contributed by atoms with van der Waals surface area (Å²) in [6.07, 6.45) is 1.39. The first kappa shape index (κ1) is 10.9. The van der Waals surface area contributed by atoms with Crippen LogP contribution in [-0.2, 0) is 10.0 Å². The Hall–Kier alpha value is -1.60. The Bertz CT molecular complexity index is 579. The molecule has 0 atom stereocenters. The highest BCUT2D eigenvalue weighted by atomic mass is 32.2. The van der Waals surface area contributed by atoms with Crippen molar-refractivity contribution < 1.29 is 13.5 Å². The maximum Gasteiger partial charge on any atom is 0.272 e. The molecule has 0 saturated carbocycles. The van der Waals surface area contributed by atoms with E-state index in [-0.39, 0.29) is 15.8 Å². The molecule has 0 fully saturated rings. The molecule has 16 heavy (non-hydrogen) atoms. The molecule has 0 radical (unpaired) electrons. The second-order valence-corrected chi connectivity index (χ2v) is 5.77. The monoisotopic (exact) mass is 256 g/mol. The van der Waals surface area contributed by atoms with Gasteiger partial charge in [0.15, 0.2) is 11.6 Å². The lowest BCUT2D eigenvalue weighted by atomic mass is 10.4. The van der Waals surface area contributed by atoms with Crippen molar-refractivity contribution >= 4 is 27.2 Å². The Morgan fingerprint density at radius 3 is 2.75 bits per heavy atom. The predicted octanol–water partition coefficient (Wildman–Crippen LogP) is 1.65. The maximum absolute atomic E-state index is 11.8. The first-order chi connectivity index (χ1) is 7.59. The van der Waals surface area contributed by atoms with E-state index in [1.54, 1.807) is 11.4 Å². The third-order valence-corrected chi connectivity index (χ3v) is 4.51. The summed E-state index contributed by atoms with van der Waals surface area (Å²) in [6.45, 7) is 0. The van der Waals surface area contributed by atoms with E-state index in [1.165, 1.54) is 24.4 Å². The minimum atomic E-state index is -3.65. The summed E-state index contributed by atoms with van der Waals surface area (Å²) < 4.78 is 25.9. The van der Waals surface area contributed by atoms with E-state index in [0.29, 0.717) is 0 Å². The van der Waals surface area contributed by atoms with Crippen LogP contribution in [0.1, 0.15) is 0 Å². The van der Waals surface area contributed by atoms with Crippen LogP contribution in [0.3, 0.4) is 0 Å². The van der Waals surface area contributed by atoms with Gasteiger partial charge >= 0.3 is 0 Å². The summed E-state index contributed by atoms with van der Waals surface area (Å²) in [5, 5.41) is 11.0. The number of aromatic hydroxyl groups is 1. The smallest absolute Gasteiger partial charge is 0.272 e. The number of thiophene rings is 1. The molecule has 2 rings (SSSR count). The number of nitrogens with one attached hydrogen (secondary N) is 1. The van der Waals surface area contributed by atoms with Crippen LogP contribution in [0.25, 0.3) is 0 Å². The number of rotatable bonds is 3. The van der Waals surface area contributed by atoms with Crippen LogP contribution in [0.2, 0.25) is 0 Å². The zero-order valence-electron chi connectivity index (χ0n) is 7.99. The first-order valence-corrected chi connectivity index (χ1v) is 6.66. The highest BCUT2D eigenvalue weighted by molar-refractivity contribution is 7.94. The number of pyridine rings is 1. The summed E-state index contributed by atoms with van der Waals surface area (Å²) >= 11 is 1.10. The predicted molar refractivity (Wildman–Crippen MR) is 61.0 cm³/mol. The lowest BCUT2D eigenvalue weighted by Crippen LogP contribution is -2.12. The van der Waals surface area contributed by atoms with Gasteiger partial charge in [0.05, 0.1) is 0 Å². The van der Waals surface area contributed by atoms with Gasteiger partial charge in [-0.25, -0.2) is 13.4 Å². The number of aromatic nitrogens is 1. The van der Waals surface area contributed by atoms with E-state index in [9.17, 15) is 13.5 Å². The van der Waals surface area contributed by atoms with Gasteiger partial charge in [-0.3, -0.25) is 4.72 Å². The molecule has 5 nitrogen and oxygen atoms in total. The Kier molecular flexibility index (Phi) is 2.80. The number of nitrogens with zero attached hydrogens (tertiary/aromatic N) is 1. The fourth-order valence-electron chi connectivity index (χ4n) is 1.07. The van der Waals surface area contributed by atoms with Gasteiger partial charge in [0, 0.05) is 6.20 Å². The largest absolute Gasteiger partial charge is 0.504 e. The van der Waals surface area contributed by atoms with Crippen LogP contribution in [0, 0.1) is 0 Å². The molecular weight excluding hydrogens is 248 g/mol. The molecule has 2 N–H and O–H groups in total. The second-order valence-electron chi connectivity index (χ2n) is 2.91. The Morgan fingerprint density at radius 1 is 1.31 bits per heavy atom. The summed E-state index contributed by atoms with van der Waals surface area (Å²) in [5.74, 6) is -0.279. The summed E-state index contributed by atoms with van der Waals surface area (Å²) in [4.78, 5) is 3.74. The van der Waals surface area contributed by atoms with Gasteiger partial charge < -0.3 is 5.11 Å². The van der Waals surface area contributed by atoms with Crippen molar-refractivity contribution in [3.63, 3.8) is 0 Å². The number of anilines is 1. The van der Waals surface area contributed by atoms with E-state index in [0.717, 1.165) is 11.3 Å². The number of hydrogen-bond acceptors (Lipinski definition) is 5. The highest BCUT2D eigenvalue weighted by Crippen LogP contribution is 2.24. The molecule has 0 spiro atoms. The summed E-state index contributed by atoms with van der Waals surface area (Å²) in [6, 6.07) is 5.99. The topological polar surface area (TPSA) is 79.3 Å². The average molecular weight is 256 g/mol. The SMILES string of the molecule is O=S(=O)(Nc1ncccc1O)c1cccs1. The van der Waals surface area contributed by atoms with Crippen molar-refractivity contribution in [1.82, 2.24) is 4.98 Å². The third-order valence-electron chi connectivity index (χ3n) is 1.78. The van der Waals surface area contributed by atoms with E-state index in [2.05, 4.69) is 9.71 Å². The molecule has 7 heteroatoms. The maximum atomic E-state index is 11.8. The van der Waals surface area contributed by atoms with E-state index in [1.807, 2.05) is 0 Å². The van der Waals surface area contributed by atoms with Gasteiger partial charge in [0.2, 0.25) is 0 Å². The van der Waals surface area contributed by atoms with E-state index < -0.39 is 10.0 Å². The van der Waals surface area contributed by atoms with E-state index >= 15 is 0 Å². The van der Waals surface area contributed by atoms with Crippen LogP contribution in [-0.4, -0.2) is 18.5 Å². The third kappa shape index (κ3) is 2.15. The van der Waals surface area contributed by atoms with Crippen LogP contribution >= 0.6 is 11.3 Å². The Balaban J connectivity index is 2.33. The highest BCUT2D eigenvalue weighted by Gasteiger charge is 2.17. The summed E-state index contributed by atoms with van der Waals surface area (Å²) in [7, 11) is -3.65. The van der Waals surface area contributed by atoms with Gasteiger partial charge in [-0.05, 0) is 23.6 Å². The average Bonchev–Trinajstić information content (AvgIpc) is 2.75. The Labute approximate surface area is 96.5 Å². The fourth-order valence-corrected chi connectivity index (χ4v) is 3.09. The molecule has 2 heterocycles. The van der Waals surface area contributed by atoms with Crippen molar-refractivity contribution in [2.75, 3.05) is 4.72 Å². The molecule has 0 aliphatic rings. The molecule has 0 aliphatic carbocycles. The first-order valence-electron chi connectivity index (χ1n) is 4.30. The van der Waals surface area contributed by atoms with Gasteiger partial charge in [-0.1, -0.05) is 6.07 Å². The zero-order chi connectivity index (χ0) is 11.6. The Morgan fingerprint density at radius 2 is 2.12 bits per heavy atom. The molecule has 0 aromatic carbocycles. The molecule has 84 valence electrons. The molecule has 0 saturated heterocycles. The zero-order valence-corrected chi connectivity index (χ0v) is 9.62. The van der Waals surface area contributed by atoms with Crippen molar-refractivity contribution in [2.24, 2.45) is 0 Å². The quantitative estimate of drug-likeness (QED) is 0.875. The standard InChI is InChI=1S/C9H8N2O3S2/c12-7-3-1-5-10-9(7)11-16(13,14)8-4-2-6-15-8/h1-6,12H,(H,10,11). The molecule has 0 aliphatic heterocycles. The van der Waals surface area contributed by atoms with Crippen molar-refractivity contribution in [1.29, 1.82) is 0 Å². The van der Waals surface area contributed by atoms with Crippen molar-refractivity contribution in [3.8, 4) is 5.75 Å². The van der Waals surface area contributed by atoms with Crippen molar-refractivity contribution in [2.45, 2.75) is 4.21 Å². The van der Waals surface area contributed by atoms with Crippen LogP contribution < -0.4 is 4.72 Å². The molecule has 2 aromatic rings. The van der Waals surface area contributed by atoms with Gasteiger partial charge in [0.1, 0.15) is 4.21 Å². The fraction of sp³-hybridized carbons (Fsp3) is 0. The van der Waals surface area contributed by atoms with Gasteiger partial charge in [0.25, 0.3) is 10.0 Å². The lowest BCUT2D eigenvalue weighted by Gasteiger charge is -2.06. The normalized spacial score (nSPS) is 11.2. The number of hydrogen-bond donors (Lipinski definition) is 2. The molecule has 0 unspecified atom stereocenters. The minimum Gasteiger partial charge on any atom is -0.504 e. The molecular formula is C9H8N2O3S2. The van der Waals surface area contributed by atoms with Crippen LogP contribution in [0.15, 0.2) is 40.1 Å². The van der Waals surface area contributed by atoms with Crippen LogP contribution in [0.5, 0.6) is 5.75 Å². The van der Waals surface area contributed by atoms with Gasteiger partial charge in [-0.15, -0.1) is 11.3 Å². The molecule has 2 aromatic heterocycles. The second kappa shape index (κ2) is 4.11. The van der Waals surface area contributed by atoms with Gasteiger partial charge in [-0.2, -0.15) is 0 Å². The summed E-state index contributed by atoms with van der Waals surface area (Å²) in [5.41, 5.74) is 0. The van der Waals surface area contributed by atoms with E-state index in [4.69, 9.17) is 0 Å².